The van der Waals surface area contributed by atoms with Crippen LogP contribution >= 0.6 is 0 Å². The number of carbonyl (C=O) groups excluding carboxylic acids is 1. The molecule has 0 aliphatic carbocycles. The minimum Gasteiger partial charge on any atom is -0.478 e. The quantitative estimate of drug-likeness (QED) is 0.689. The van der Waals surface area contributed by atoms with Crippen LogP contribution in [-0.4, -0.2) is 17.4 Å². The average Bonchev–Trinajstić information content (AvgIpc) is 2.17. The standard InChI is InChI=1S/C11H15NO2/c1-4-14-10-7-5-6-9(12-10)11(13)8(2)3/h5-8H,4H2,1-3H3. The van der Waals surface area contributed by atoms with Crippen LogP contribution < -0.4 is 4.74 Å². The van der Waals surface area contributed by atoms with Crippen molar-refractivity contribution in [3.8, 4) is 5.88 Å². The third-order valence-corrected chi connectivity index (χ3v) is 1.79. The summed E-state index contributed by atoms with van der Waals surface area (Å²) in [5.41, 5.74) is 0.478. The van der Waals surface area contributed by atoms with Gasteiger partial charge in [0.1, 0.15) is 5.69 Å². The fourth-order valence-electron chi connectivity index (χ4n) is 1.08. The number of carbonyl (C=O) groups is 1. The van der Waals surface area contributed by atoms with Gasteiger partial charge in [0.15, 0.2) is 5.78 Å². The molecule has 1 aromatic heterocycles. The Morgan fingerprint density at radius 1 is 1.50 bits per heavy atom. The van der Waals surface area contributed by atoms with Gasteiger partial charge in [0, 0.05) is 12.0 Å². The highest BCUT2D eigenvalue weighted by Crippen LogP contribution is 2.11. The Hall–Kier alpha value is -1.38. The van der Waals surface area contributed by atoms with Crippen LogP contribution in [0.1, 0.15) is 31.3 Å². The zero-order chi connectivity index (χ0) is 10.6. The first-order chi connectivity index (χ1) is 6.65. The molecule has 0 aliphatic heterocycles. The number of rotatable bonds is 4. The Bertz CT molecular complexity index is 321. The molecule has 0 radical (unpaired) electrons. The molecule has 0 atom stereocenters. The molecule has 76 valence electrons. The molecule has 0 unspecified atom stereocenters. The van der Waals surface area contributed by atoms with Crippen molar-refractivity contribution < 1.29 is 9.53 Å². The Labute approximate surface area is 84.1 Å². The molecule has 0 fully saturated rings. The van der Waals surface area contributed by atoms with E-state index >= 15 is 0 Å². The first-order valence-electron chi connectivity index (χ1n) is 4.79. The van der Waals surface area contributed by atoms with E-state index in [-0.39, 0.29) is 11.7 Å². The van der Waals surface area contributed by atoms with Crippen LogP contribution in [0.4, 0.5) is 0 Å². The molecule has 3 heteroatoms. The molecule has 1 aromatic rings. The van der Waals surface area contributed by atoms with Crippen molar-refractivity contribution in [2.45, 2.75) is 20.8 Å². The van der Waals surface area contributed by atoms with Crippen LogP contribution in [0.3, 0.4) is 0 Å². The lowest BCUT2D eigenvalue weighted by molar-refractivity contribution is 0.0933. The van der Waals surface area contributed by atoms with E-state index in [4.69, 9.17) is 4.74 Å². The van der Waals surface area contributed by atoms with Crippen LogP contribution in [0.15, 0.2) is 18.2 Å². The third kappa shape index (κ3) is 2.55. The number of nitrogens with zero attached hydrogens (tertiary/aromatic N) is 1. The summed E-state index contributed by atoms with van der Waals surface area (Å²) in [4.78, 5) is 15.7. The lowest BCUT2D eigenvalue weighted by atomic mass is 10.1. The van der Waals surface area contributed by atoms with Gasteiger partial charge < -0.3 is 4.74 Å². The summed E-state index contributed by atoms with van der Waals surface area (Å²) in [6.45, 7) is 6.17. The summed E-state index contributed by atoms with van der Waals surface area (Å²) in [5.74, 6) is 0.532. The van der Waals surface area contributed by atoms with Gasteiger partial charge in [-0.3, -0.25) is 4.79 Å². The summed E-state index contributed by atoms with van der Waals surface area (Å²) in [6.07, 6.45) is 0. The number of ketones is 1. The predicted molar refractivity (Wildman–Crippen MR) is 54.6 cm³/mol. The van der Waals surface area contributed by atoms with E-state index in [1.54, 1.807) is 18.2 Å². The summed E-state index contributed by atoms with van der Waals surface area (Å²) in [6, 6.07) is 5.25. The molecule has 1 heterocycles. The van der Waals surface area contributed by atoms with E-state index in [9.17, 15) is 4.79 Å². The van der Waals surface area contributed by atoms with E-state index in [0.717, 1.165) is 0 Å². The zero-order valence-corrected chi connectivity index (χ0v) is 8.78. The van der Waals surface area contributed by atoms with Gasteiger partial charge in [-0.15, -0.1) is 0 Å². The molecule has 0 N–H and O–H groups in total. The minimum absolute atomic E-state index is 0.0284. The van der Waals surface area contributed by atoms with Crippen molar-refractivity contribution in [1.29, 1.82) is 0 Å². The first-order valence-corrected chi connectivity index (χ1v) is 4.79. The third-order valence-electron chi connectivity index (χ3n) is 1.79. The SMILES string of the molecule is CCOc1cccc(C(=O)C(C)C)n1. The van der Waals surface area contributed by atoms with Crippen LogP contribution in [0.5, 0.6) is 5.88 Å². The van der Waals surface area contributed by atoms with Crippen molar-refractivity contribution in [3.63, 3.8) is 0 Å². The summed E-state index contributed by atoms with van der Waals surface area (Å²) in [5, 5.41) is 0. The number of ether oxygens (including phenoxy) is 1. The normalized spacial score (nSPS) is 10.3. The monoisotopic (exact) mass is 193 g/mol. The number of pyridine rings is 1. The Kier molecular flexibility index (Phi) is 3.63. The molecular formula is C11H15NO2. The predicted octanol–water partition coefficient (Wildman–Crippen LogP) is 2.32. The largest absolute Gasteiger partial charge is 0.478 e. The Balaban J connectivity index is 2.88. The fraction of sp³-hybridized carbons (Fsp3) is 0.455. The highest BCUT2D eigenvalue weighted by atomic mass is 16.5. The van der Waals surface area contributed by atoms with Gasteiger partial charge in [0.25, 0.3) is 0 Å². The van der Waals surface area contributed by atoms with Crippen LogP contribution in [-0.2, 0) is 0 Å². The molecule has 14 heavy (non-hydrogen) atoms. The zero-order valence-electron chi connectivity index (χ0n) is 8.78. The number of hydrogen-bond donors (Lipinski definition) is 0. The molecule has 0 aliphatic rings. The lowest BCUT2D eigenvalue weighted by Crippen LogP contribution is -2.10. The van der Waals surface area contributed by atoms with E-state index in [2.05, 4.69) is 4.98 Å². The Morgan fingerprint density at radius 3 is 2.79 bits per heavy atom. The van der Waals surface area contributed by atoms with Crippen molar-refractivity contribution in [2.24, 2.45) is 5.92 Å². The molecule has 0 spiro atoms. The van der Waals surface area contributed by atoms with E-state index < -0.39 is 0 Å². The summed E-state index contributed by atoms with van der Waals surface area (Å²) < 4.78 is 5.21. The minimum atomic E-state index is -0.0284. The average molecular weight is 193 g/mol. The van der Waals surface area contributed by atoms with Gasteiger partial charge in [-0.25, -0.2) is 4.98 Å². The maximum absolute atomic E-state index is 11.6. The maximum atomic E-state index is 11.6. The van der Waals surface area contributed by atoms with E-state index in [1.807, 2.05) is 20.8 Å². The second-order valence-electron chi connectivity index (χ2n) is 3.31. The molecule has 0 saturated heterocycles. The summed E-state index contributed by atoms with van der Waals surface area (Å²) >= 11 is 0. The highest BCUT2D eigenvalue weighted by molar-refractivity contribution is 5.95. The molecule has 0 amide bonds. The van der Waals surface area contributed by atoms with Gasteiger partial charge in [0.2, 0.25) is 5.88 Å². The van der Waals surface area contributed by atoms with Gasteiger partial charge in [-0.2, -0.15) is 0 Å². The molecular weight excluding hydrogens is 178 g/mol. The van der Waals surface area contributed by atoms with Gasteiger partial charge in [-0.1, -0.05) is 19.9 Å². The number of aromatic nitrogens is 1. The number of Topliss-reactive ketones (excluding diaryl/α,β-unsaturated/α-hetero) is 1. The van der Waals surface area contributed by atoms with Crippen molar-refractivity contribution in [2.75, 3.05) is 6.61 Å². The Morgan fingerprint density at radius 2 is 2.21 bits per heavy atom. The fourth-order valence-corrected chi connectivity index (χ4v) is 1.08. The van der Waals surface area contributed by atoms with Crippen LogP contribution in [0, 0.1) is 5.92 Å². The molecule has 0 bridgehead atoms. The van der Waals surface area contributed by atoms with Crippen LogP contribution in [0.2, 0.25) is 0 Å². The van der Waals surface area contributed by atoms with Crippen molar-refractivity contribution in [3.05, 3.63) is 23.9 Å². The van der Waals surface area contributed by atoms with Crippen molar-refractivity contribution >= 4 is 5.78 Å². The van der Waals surface area contributed by atoms with Gasteiger partial charge >= 0.3 is 0 Å². The van der Waals surface area contributed by atoms with E-state index in [1.165, 1.54) is 0 Å². The lowest BCUT2D eigenvalue weighted by Gasteiger charge is -2.05. The molecule has 3 nitrogen and oxygen atoms in total. The molecule has 0 saturated carbocycles. The molecule has 1 rings (SSSR count). The second kappa shape index (κ2) is 4.74. The highest BCUT2D eigenvalue weighted by Gasteiger charge is 2.12. The van der Waals surface area contributed by atoms with Gasteiger partial charge in [-0.05, 0) is 13.0 Å². The van der Waals surface area contributed by atoms with Crippen molar-refractivity contribution in [1.82, 2.24) is 4.98 Å². The number of hydrogen-bond acceptors (Lipinski definition) is 3. The second-order valence-corrected chi connectivity index (χ2v) is 3.31. The topological polar surface area (TPSA) is 39.2 Å². The van der Waals surface area contributed by atoms with Crippen LogP contribution in [0.25, 0.3) is 0 Å². The maximum Gasteiger partial charge on any atom is 0.213 e. The summed E-state index contributed by atoms with van der Waals surface area (Å²) in [7, 11) is 0. The smallest absolute Gasteiger partial charge is 0.213 e. The molecule has 0 aromatic carbocycles. The van der Waals surface area contributed by atoms with E-state index in [0.29, 0.717) is 18.2 Å². The first kappa shape index (κ1) is 10.7. The van der Waals surface area contributed by atoms with Gasteiger partial charge in [0.05, 0.1) is 6.61 Å².